The van der Waals surface area contributed by atoms with E-state index in [4.69, 9.17) is 16.3 Å². The number of ether oxygens (including phenoxy) is 1. The van der Waals surface area contributed by atoms with E-state index in [1.165, 1.54) is 29.6 Å². The molecule has 28 heavy (non-hydrogen) atoms. The minimum atomic E-state index is -3.75. The van der Waals surface area contributed by atoms with Crippen molar-refractivity contribution in [2.45, 2.75) is 17.7 Å². The second-order valence-corrected chi connectivity index (χ2v) is 9.76. The molecule has 1 aliphatic heterocycles. The van der Waals surface area contributed by atoms with Gasteiger partial charge in [0, 0.05) is 23.2 Å². The van der Waals surface area contributed by atoms with Gasteiger partial charge in [-0.15, -0.1) is 0 Å². The van der Waals surface area contributed by atoms with E-state index in [-0.39, 0.29) is 22.4 Å². The van der Waals surface area contributed by atoms with Gasteiger partial charge in [0.2, 0.25) is 15.9 Å². The van der Waals surface area contributed by atoms with Crippen LogP contribution in [-0.2, 0) is 14.8 Å². The van der Waals surface area contributed by atoms with Gasteiger partial charge in [0.25, 0.3) is 0 Å². The van der Waals surface area contributed by atoms with Gasteiger partial charge in [-0.05, 0) is 49.2 Å². The molecule has 2 aromatic carbocycles. The second-order valence-electron chi connectivity index (χ2n) is 6.50. The number of benzene rings is 2. The Hall–Kier alpha value is -1.61. The lowest BCUT2D eigenvalue weighted by Crippen LogP contribution is -2.43. The number of amides is 1. The van der Waals surface area contributed by atoms with Crippen LogP contribution in [0.2, 0.25) is 5.02 Å². The standard InChI is InChI=1S/C19H20BrClN2O4S/c1-27-18-8-7-16(11-17(18)21)28(25,26)23-9-3-4-13(12-23)19(24)22-15-6-2-5-14(20)10-15/h2,5-8,10-11,13H,3-4,9,12H2,1H3,(H,22,24). The lowest BCUT2D eigenvalue weighted by Gasteiger charge is -2.31. The molecular weight excluding hydrogens is 468 g/mol. The van der Waals surface area contributed by atoms with Crippen LogP contribution in [0.25, 0.3) is 0 Å². The lowest BCUT2D eigenvalue weighted by atomic mass is 9.99. The molecule has 1 saturated heterocycles. The number of rotatable bonds is 5. The third-order valence-electron chi connectivity index (χ3n) is 4.61. The zero-order chi connectivity index (χ0) is 20.3. The number of carbonyl (C=O) groups is 1. The first-order chi connectivity index (χ1) is 13.3. The number of hydrogen-bond donors (Lipinski definition) is 1. The van der Waals surface area contributed by atoms with Crippen molar-refractivity contribution in [2.75, 3.05) is 25.5 Å². The third-order valence-corrected chi connectivity index (χ3v) is 7.26. The molecule has 150 valence electrons. The van der Waals surface area contributed by atoms with Gasteiger partial charge in [-0.25, -0.2) is 8.42 Å². The van der Waals surface area contributed by atoms with Crippen molar-refractivity contribution >= 4 is 49.1 Å². The number of piperidine rings is 1. The minimum absolute atomic E-state index is 0.0892. The predicted molar refractivity (Wildman–Crippen MR) is 112 cm³/mol. The molecule has 9 heteroatoms. The summed E-state index contributed by atoms with van der Waals surface area (Å²) in [6.45, 7) is 0.498. The van der Waals surface area contributed by atoms with E-state index in [1.807, 2.05) is 12.1 Å². The second kappa shape index (κ2) is 8.82. The molecule has 1 heterocycles. The SMILES string of the molecule is COc1ccc(S(=O)(=O)N2CCCC(C(=O)Nc3cccc(Br)c3)C2)cc1Cl. The molecule has 1 N–H and O–H groups in total. The molecule has 1 fully saturated rings. The third kappa shape index (κ3) is 4.68. The smallest absolute Gasteiger partial charge is 0.243 e. The highest BCUT2D eigenvalue weighted by Crippen LogP contribution is 2.30. The van der Waals surface area contributed by atoms with Gasteiger partial charge in [-0.1, -0.05) is 33.6 Å². The van der Waals surface area contributed by atoms with Crippen molar-refractivity contribution < 1.29 is 17.9 Å². The Bertz CT molecular complexity index is 984. The van der Waals surface area contributed by atoms with Crippen LogP contribution in [0.3, 0.4) is 0 Å². The van der Waals surface area contributed by atoms with Gasteiger partial charge in [-0.2, -0.15) is 4.31 Å². The summed E-state index contributed by atoms with van der Waals surface area (Å²) in [5, 5.41) is 3.09. The number of halogens is 2. The van der Waals surface area contributed by atoms with Crippen LogP contribution >= 0.6 is 27.5 Å². The van der Waals surface area contributed by atoms with Crippen LogP contribution in [0.5, 0.6) is 5.75 Å². The lowest BCUT2D eigenvalue weighted by molar-refractivity contribution is -0.120. The molecule has 1 unspecified atom stereocenters. The Morgan fingerprint density at radius 1 is 1.29 bits per heavy atom. The molecule has 1 aliphatic rings. The van der Waals surface area contributed by atoms with Crippen LogP contribution in [-0.4, -0.2) is 38.8 Å². The maximum Gasteiger partial charge on any atom is 0.243 e. The highest BCUT2D eigenvalue weighted by Gasteiger charge is 2.33. The summed E-state index contributed by atoms with van der Waals surface area (Å²) in [4.78, 5) is 12.7. The zero-order valence-electron chi connectivity index (χ0n) is 15.2. The largest absolute Gasteiger partial charge is 0.495 e. The summed E-state index contributed by atoms with van der Waals surface area (Å²) < 4.78 is 33.3. The predicted octanol–water partition coefficient (Wildman–Crippen LogP) is 4.15. The number of nitrogens with zero attached hydrogens (tertiary/aromatic N) is 1. The molecule has 0 radical (unpaired) electrons. The van der Waals surface area contributed by atoms with E-state index >= 15 is 0 Å². The van der Waals surface area contributed by atoms with Crippen LogP contribution in [0.4, 0.5) is 5.69 Å². The summed E-state index contributed by atoms with van der Waals surface area (Å²) in [6.07, 6.45) is 1.24. The van der Waals surface area contributed by atoms with Gasteiger partial charge < -0.3 is 10.1 Å². The van der Waals surface area contributed by atoms with E-state index < -0.39 is 15.9 Å². The quantitative estimate of drug-likeness (QED) is 0.687. The first kappa shape index (κ1) is 21.1. The summed E-state index contributed by atoms with van der Waals surface area (Å²) in [5.41, 5.74) is 0.668. The average molecular weight is 488 g/mol. The molecule has 0 saturated carbocycles. The van der Waals surface area contributed by atoms with Crippen molar-refractivity contribution in [1.29, 1.82) is 0 Å². The zero-order valence-corrected chi connectivity index (χ0v) is 18.4. The normalized spacial score (nSPS) is 17.9. The van der Waals surface area contributed by atoms with E-state index in [9.17, 15) is 13.2 Å². The highest BCUT2D eigenvalue weighted by molar-refractivity contribution is 9.10. The molecule has 0 spiro atoms. The van der Waals surface area contributed by atoms with Crippen molar-refractivity contribution in [2.24, 2.45) is 5.92 Å². The van der Waals surface area contributed by atoms with Gasteiger partial charge in [0.05, 0.1) is 22.9 Å². The monoisotopic (exact) mass is 486 g/mol. The topological polar surface area (TPSA) is 75.7 Å². The molecule has 3 rings (SSSR count). The Morgan fingerprint density at radius 3 is 2.75 bits per heavy atom. The highest BCUT2D eigenvalue weighted by atomic mass is 79.9. The molecule has 6 nitrogen and oxygen atoms in total. The van der Waals surface area contributed by atoms with Gasteiger partial charge in [0.1, 0.15) is 5.75 Å². The molecule has 2 aromatic rings. The van der Waals surface area contributed by atoms with Gasteiger partial charge in [-0.3, -0.25) is 4.79 Å². The average Bonchev–Trinajstić information content (AvgIpc) is 2.68. The molecule has 1 atom stereocenters. The number of methoxy groups -OCH3 is 1. The van der Waals surface area contributed by atoms with E-state index in [0.717, 1.165) is 4.47 Å². The van der Waals surface area contributed by atoms with Gasteiger partial charge >= 0.3 is 0 Å². The van der Waals surface area contributed by atoms with Crippen LogP contribution in [0, 0.1) is 5.92 Å². The summed E-state index contributed by atoms with van der Waals surface area (Å²) in [6, 6.07) is 11.6. The Kier molecular flexibility index (Phi) is 6.65. The first-order valence-electron chi connectivity index (χ1n) is 8.71. The minimum Gasteiger partial charge on any atom is -0.495 e. The van der Waals surface area contributed by atoms with Crippen LogP contribution < -0.4 is 10.1 Å². The molecule has 0 aliphatic carbocycles. The molecule has 0 aromatic heterocycles. The van der Waals surface area contributed by atoms with Crippen molar-refractivity contribution in [3.05, 3.63) is 52.0 Å². The number of carbonyl (C=O) groups excluding carboxylic acids is 1. The van der Waals surface area contributed by atoms with Crippen molar-refractivity contribution in [1.82, 2.24) is 4.31 Å². The first-order valence-corrected chi connectivity index (χ1v) is 11.3. The Labute approximate surface area is 178 Å². The summed E-state index contributed by atoms with van der Waals surface area (Å²) in [7, 11) is -2.28. The fourth-order valence-corrected chi connectivity index (χ4v) is 5.41. The van der Waals surface area contributed by atoms with Crippen LogP contribution in [0.15, 0.2) is 51.8 Å². The van der Waals surface area contributed by atoms with E-state index in [0.29, 0.717) is 30.8 Å². The fraction of sp³-hybridized carbons (Fsp3) is 0.316. The number of hydrogen-bond acceptors (Lipinski definition) is 4. The van der Waals surface area contributed by atoms with E-state index in [2.05, 4.69) is 21.2 Å². The summed E-state index contributed by atoms with van der Waals surface area (Å²) >= 11 is 9.45. The van der Waals surface area contributed by atoms with Crippen molar-refractivity contribution in [3.63, 3.8) is 0 Å². The number of anilines is 1. The number of sulfonamides is 1. The maximum atomic E-state index is 13.0. The number of nitrogens with one attached hydrogen (secondary N) is 1. The molecular formula is C19H20BrClN2O4S. The van der Waals surface area contributed by atoms with Crippen LogP contribution in [0.1, 0.15) is 12.8 Å². The molecule has 0 bridgehead atoms. The van der Waals surface area contributed by atoms with Gasteiger partial charge in [0.15, 0.2) is 0 Å². The molecule has 1 amide bonds. The van der Waals surface area contributed by atoms with Crippen molar-refractivity contribution in [3.8, 4) is 5.75 Å². The fourth-order valence-electron chi connectivity index (χ4n) is 3.14. The Balaban J connectivity index is 1.74. The summed E-state index contributed by atoms with van der Waals surface area (Å²) in [5.74, 6) is -0.201. The Morgan fingerprint density at radius 2 is 2.07 bits per heavy atom. The maximum absolute atomic E-state index is 13.0. The van der Waals surface area contributed by atoms with E-state index in [1.54, 1.807) is 12.1 Å².